The summed E-state index contributed by atoms with van der Waals surface area (Å²) in [6.07, 6.45) is 40.6. The highest BCUT2D eigenvalue weighted by Gasteiger charge is 2.19. The van der Waals surface area contributed by atoms with Gasteiger partial charge in [-0.05, 0) is 32.1 Å². The first-order valence-electron chi connectivity index (χ1n) is 19.1. The van der Waals surface area contributed by atoms with E-state index in [0.717, 1.165) is 25.7 Å². The fraction of sp³-hybridized carbons (Fsp3) is 0.872. The molecule has 3 atom stereocenters. The van der Waals surface area contributed by atoms with E-state index in [2.05, 4.69) is 25.2 Å². The highest BCUT2D eigenvalue weighted by atomic mass is 16.3. The molecular weight excluding hydrogens is 546 g/mol. The van der Waals surface area contributed by atoms with Crippen LogP contribution in [0, 0.1) is 0 Å². The van der Waals surface area contributed by atoms with E-state index in [1.807, 2.05) is 12.2 Å². The Kier molecular flexibility index (Phi) is 33.8. The number of nitrogens with one attached hydrogen (secondary N) is 1. The monoisotopic (exact) mass is 622 g/mol. The Morgan fingerprint density at radius 1 is 0.568 bits per heavy atom. The lowest BCUT2D eigenvalue weighted by Crippen LogP contribution is -2.45. The van der Waals surface area contributed by atoms with E-state index >= 15 is 0 Å². The van der Waals surface area contributed by atoms with Crippen molar-refractivity contribution in [2.75, 3.05) is 6.61 Å². The van der Waals surface area contributed by atoms with Gasteiger partial charge in [0.15, 0.2) is 0 Å². The average molecular weight is 622 g/mol. The molecule has 0 radical (unpaired) electrons. The van der Waals surface area contributed by atoms with Crippen molar-refractivity contribution in [3.05, 3.63) is 24.3 Å². The number of aliphatic hydroxyl groups excluding tert-OH is 3. The van der Waals surface area contributed by atoms with E-state index in [1.165, 1.54) is 141 Å². The Bertz CT molecular complexity index is 650. The number of carbonyl (C=O) groups is 1. The van der Waals surface area contributed by atoms with E-state index in [4.69, 9.17) is 0 Å². The third kappa shape index (κ3) is 30.8. The maximum atomic E-state index is 12.3. The fourth-order valence-electron chi connectivity index (χ4n) is 5.75. The number of amides is 1. The van der Waals surface area contributed by atoms with Crippen LogP contribution in [-0.4, -0.2) is 46.1 Å². The Morgan fingerprint density at radius 2 is 0.955 bits per heavy atom. The Hall–Kier alpha value is -1.17. The van der Waals surface area contributed by atoms with Gasteiger partial charge in [0.05, 0.1) is 31.3 Å². The molecule has 5 heteroatoms. The molecular formula is C39H75NO4. The molecule has 0 aromatic rings. The summed E-state index contributed by atoms with van der Waals surface area (Å²) in [5, 5.41) is 32.8. The lowest BCUT2D eigenvalue weighted by atomic mass is 10.0. The number of hydrogen-bond acceptors (Lipinski definition) is 4. The quantitative estimate of drug-likeness (QED) is 0.0425. The number of unbranched alkanes of at least 4 members (excludes halogenated alkanes) is 24. The molecule has 44 heavy (non-hydrogen) atoms. The van der Waals surface area contributed by atoms with Crippen molar-refractivity contribution in [2.45, 2.75) is 212 Å². The van der Waals surface area contributed by atoms with Gasteiger partial charge in [0.2, 0.25) is 5.91 Å². The van der Waals surface area contributed by atoms with E-state index in [1.54, 1.807) is 6.08 Å². The van der Waals surface area contributed by atoms with Gasteiger partial charge in [0, 0.05) is 0 Å². The lowest BCUT2D eigenvalue weighted by molar-refractivity contribution is -0.124. The molecule has 0 heterocycles. The van der Waals surface area contributed by atoms with Crippen molar-refractivity contribution in [1.82, 2.24) is 5.32 Å². The standard InChI is InChI=1S/C39H75NO4/c1-3-5-7-9-11-12-13-14-15-16-17-18-19-20-21-22-23-24-25-27-29-31-33-38(43)37(35-41)40-39(44)34-36(42)32-30-28-26-10-8-6-4-2/h28,30-31,33,36-38,41-43H,3-27,29,32,34-35H2,1-2H3,(H,40,44)/b30-28-,33-31+. The minimum absolute atomic E-state index is 0.0352. The van der Waals surface area contributed by atoms with Crippen LogP contribution >= 0.6 is 0 Å². The summed E-state index contributed by atoms with van der Waals surface area (Å²) in [5.41, 5.74) is 0. The molecule has 0 bridgehead atoms. The van der Waals surface area contributed by atoms with Gasteiger partial charge < -0.3 is 20.6 Å². The lowest BCUT2D eigenvalue weighted by Gasteiger charge is -2.20. The van der Waals surface area contributed by atoms with Crippen molar-refractivity contribution in [1.29, 1.82) is 0 Å². The molecule has 0 aromatic carbocycles. The third-order valence-corrected chi connectivity index (χ3v) is 8.73. The van der Waals surface area contributed by atoms with Crippen LogP contribution in [0.2, 0.25) is 0 Å². The van der Waals surface area contributed by atoms with Crippen LogP contribution in [0.1, 0.15) is 194 Å². The van der Waals surface area contributed by atoms with Gasteiger partial charge in [-0.25, -0.2) is 0 Å². The van der Waals surface area contributed by atoms with Crippen molar-refractivity contribution >= 4 is 5.91 Å². The molecule has 1 amide bonds. The van der Waals surface area contributed by atoms with Crippen LogP contribution in [0.25, 0.3) is 0 Å². The molecule has 5 nitrogen and oxygen atoms in total. The van der Waals surface area contributed by atoms with E-state index in [-0.39, 0.29) is 18.9 Å². The molecule has 3 unspecified atom stereocenters. The number of aliphatic hydroxyl groups is 3. The second-order valence-corrected chi connectivity index (χ2v) is 13.2. The maximum absolute atomic E-state index is 12.3. The van der Waals surface area contributed by atoms with Gasteiger partial charge in [-0.3, -0.25) is 4.79 Å². The maximum Gasteiger partial charge on any atom is 0.223 e. The van der Waals surface area contributed by atoms with E-state index < -0.39 is 18.2 Å². The van der Waals surface area contributed by atoms with Gasteiger partial charge in [-0.1, -0.05) is 179 Å². The van der Waals surface area contributed by atoms with Gasteiger partial charge in [0.1, 0.15) is 0 Å². The number of allylic oxidation sites excluding steroid dienone is 2. The molecule has 0 spiro atoms. The molecule has 0 aliphatic carbocycles. The zero-order chi connectivity index (χ0) is 32.4. The molecule has 4 N–H and O–H groups in total. The summed E-state index contributed by atoms with van der Waals surface area (Å²) in [5.74, 6) is -0.352. The van der Waals surface area contributed by atoms with Crippen LogP contribution in [0.4, 0.5) is 0 Å². The van der Waals surface area contributed by atoms with Gasteiger partial charge in [0.25, 0.3) is 0 Å². The SMILES string of the molecule is CCCCCC/C=C\CC(O)CC(=O)NC(CO)C(O)/C=C/CCCCCCCCCCCCCCCCCCCCCC. The predicted molar refractivity (Wildman–Crippen MR) is 190 cm³/mol. The third-order valence-electron chi connectivity index (χ3n) is 8.73. The summed E-state index contributed by atoms with van der Waals surface area (Å²) in [4.78, 5) is 12.3. The summed E-state index contributed by atoms with van der Waals surface area (Å²) in [7, 11) is 0. The van der Waals surface area contributed by atoms with E-state index in [9.17, 15) is 20.1 Å². The van der Waals surface area contributed by atoms with Gasteiger partial charge >= 0.3 is 0 Å². The number of rotatable bonds is 34. The summed E-state index contributed by atoms with van der Waals surface area (Å²) in [6.45, 7) is 4.13. The molecule has 0 fully saturated rings. The van der Waals surface area contributed by atoms with Crippen LogP contribution in [0.15, 0.2) is 24.3 Å². The summed E-state index contributed by atoms with van der Waals surface area (Å²) in [6, 6.07) is -0.755. The topological polar surface area (TPSA) is 89.8 Å². The minimum Gasteiger partial charge on any atom is -0.394 e. The zero-order valence-corrected chi connectivity index (χ0v) is 29.3. The molecule has 0 aliphatic heterocycles. The van der Waals surface area contributed by atoms with Crippen LogP contribution in [-0.2, 0) is 4.79 Å². The fourth-order valence-corrected chi connectivity index (χ4v) is 5.75. The Labute approximate surface area is 273 Å². The van der Waals surface area contributed by atoms with Crippen molar-refractivity contribution < 1.29 is 20.1 Å². The molecule has 0 saturated heterocycles. The summed E-state index contributed by atoms with van der Waals surface area (Å²) < 4.78 is 0. The van der Waals surface area contributed by atoms with Crippen LogP contribution in [0.3, 0.4) is 0 Å². The smallest absolute Gasteiger partial charge is 0.223 e. The molecule has 260 valence electrons. The second-order valence-electron chi connectivity index (χ2n) is 13.2. The van der Waals surface area contributed by atoms with Crippen molar-refractivity contribution in [2.24, 2.45) is 0 Å². The molecule has 0 aromatic heterocycles. The first-order chi connectivity index (χ1) is 21.5. The first-order valence-corrected chi connectivity index (χ1v) is 19.1. The predicted octanol–water partition coefficient (Wildman–Crippen LogP) is 10.3. The average Bonchev–Trinajstić information content (AvgIpc) is 3.01. The van der Waals surface area contributed by atoms with Gasteiger partial charge in [-0.2, -0.15) is 0 Å². The molecule has 0 saturated carbocycles. The minimum atomic E-state index is -0.936. The molecule has 0 aliphatic rings. The summed E-state index contributed by atoms with van der Waals surface area (Å²) >= 11 is 0. The van der Waals surface area contributed by atoms with Crippen molar-refractivity contribution in [3.8, 4) is 0 Å². The van der Waals surface area contributed by atoms with E-state index in [0.29, 0.717) is 6.42 Å². The molecule has 0 rings (SSSR count). The van der Waals surface area contributed by atoms with Crippen LogP contribution < -0.4 is 5.32 Å². The Morgan fingerprint density at radius 3 is 1.39 bits per heavy atom. The number of carbonyl (C=O) groups excluding carboxylic acids is 1. The number of hydrogen-bond donors (Lipinski definition) is 4. The zero-order valence-electron chi connectivity index (χ0n) is 29.3. The highest BCUT2D eigenvalue weighted by Crippen LogP contribution is 2.15. The van der Waals surface area contributed by atoms with Crippen molar-refractivity contribution in [3.63, 3.8) is 0 Å². The first kappa shape index (κ1) is 42.8. The highest BCUT2D eigenvalue weighted by molar-refractivity contribution is 5.76. The van der Waals surface area contributed by atoms with Crippen LogP contribution in [0.5, 0.6) is 0 Å². The Balaban J connectivity index is 3.64. The normalized spacial score (nSPS) is 14.0. The second kappa shape index (κ2) is 34.7. The largest absolute Gasteiger partial charge is 0.394 e. The van der Waals surface area contributed by atoms with Gasteiger partial charge in [-0.15, -0.1) is 0 Å².